The van der Waals surface area contributed by atoms with E-state index in [2.05, 4.69) is 20.7 Å². The molecular weight excluding hydrogens is 266 g/mol. The van der Waals surface area contributed by atoms with Crippen molar-refractivity contribution < 1.29 is 4.74 Å². The van der Waals surface area contributed by atoms with Crippen LogP contribution in [0.4, 0.5) is 11.6 Å². The van der Waals surface area contributed by atoms with E-state index < -0.39 is 0 Å². The fraction of sp³-hybridized carbons (Fsp3) is 0.333. The molecule has 4 N–H and O–H groups in total. The topological polar surface area (TPSA) is 85.1 Å². The van der Waals surface area contributed by atoms with Gasteiger partial charge in [-0.2, -0.15) is 0 Å². The highest BCUT2D eigenvalue weighted by atomic mass is 16.5. The summed E-state index contributed by atoms with van der Waals surface area (Å²) < 4.78 is 5.60. The maximum atomic E-state index is 5.60. The predicted octanol–water partition coefficient (Wildman–Crippen LogP) is 2.02. The molecule has 1 unspecified atom stereocenters. The molecule has 0 aliphatic carbocycles. The van der Waals surface area contributed by atoms with Crippen molar-refractivity contribution in [2.45, 2.75) is 18.9 Å². The van der Waals surface area contributed by atoms with Crippen LogP contribution in [0.3, 0.4) is 0 Å². The highest BCUT2D eigenvalue weighted by Crippen LogP contribution is 2.20. The molecule has 0 radical (unpaired) electrons. The van der Waals surface area contributed by atoms with Crippen molar-refractivity contribution in [2.24, 2.45) is 5.84 Å². The number of nitrogens with two attached hydrogens (primary N) is 1. The van der Waals surface area contributed by atoms with E-state index >= 15 is 0 Å². The monoisotopic (exact) mass is 285 g/mol. The van der Waals surface area contributed by atoms with Crippen LogP contribution in [0.1, 0.15) is 12.8 Å². The quantitative estimate of drug-likeness (QED) is 0.575. The molecule has 1 aliphatic heterocycles. The average Bonchev–Trinajstić information content (AvgIpc) is 3.07. The Bertz CT molecular complexity index is 584. The summed E-state index contributed by atoms with van der Waals surface area (Å²) >= 11 is 0. The van der Waals surface area contributed by atoms with Crippen LogP contribution in [0.2, 0.25) is 0 Å². The summed E-state index contributed by atoms with van der Waals surface area (Å²) in [5, 5.41) is 3.30. The third-order valence-corrected chi connectivity index (χ3v) is 3.44. The van der Waals surface area contributed by atoms with E-state index in [9.17, 15) is 0 Å². The van der Waals surface area contributed by atoms with Gasteiger partial charge in [0.25, 0.3) is 0 Å². The van der Waals surface area contributed by atoms with E-state index in [4.69, 9.17) is 10.6 Å². The molecule has 6 nitrogen and oxygen atoms in total. The van der Waals surface area contributed by atoms with Gasteiger partial charge in [-0.15, -0.1) is 0 Å². The summed E-state index contributed by atoms with van der Waals surface area (Å²) in [5.41, 5.74) is 3.54. The molecular formula is C15H19N5O. The first-order chi connectivity index (χ1) is 10.3. The zero-order valence-electron chi connectivity index (χ0n) is 11.7. The molecule has 1 saturated heterocycles. The number of nitrogens with one attached hydrogen (secondary N) is 2. The molecule has 6 heteroatoms. The van der Waals surface area contributed by atoms with Crippen LogP contribution in [0.5, 0.6) is 0 Å². The number of hydrazine groups is 1. The lowest BCUT2D eigenvalue weighted by atomic mass is 10.2. The molecule has 2 heterocycles. The van der Waals surface area contributed by atoms with Gasteiger partial charge in [-0.3, -0.25) is 0 Å². The Kier molecular flexibility index (Phi) is 4.28. The third-order valence-electron chi connectivity index (χ3n) is 3.44. The highest BCUT2D eigenvalue weighted by Gasteiger charge is 2.15. The van der Waals surface area contributed by atoms with E-state index in [1.165, 1.54) is 0 Å². The predicted molar refractivity (Wildman–Crippen MR) is 82.7 cm³/mol. The van der Waals surface area contributed by atoms with Crippen molar-refractivity contribution in [1.29, 1.82) is 0 Å². The van der Waals surface area contributed by atoms with Gasteiger partial charge in [0.05, 0.1) is 6.10 Å². The van der Waals surface area contributed by atoms with Crippen LogP contribution < -0.4 is 16.6 Å². The fourth-order valence-corrected chi connectivity index (χ4v) is 2.35. The zero-order chi connectivity index (χ0) is 14.5. The Hall–Kier alpha value is -2.18. The standard InChI is InChI=1S/C15H19N5O/c16-20-14-9-13(17-10-12-7-4-8-21-12)18-15(19-14)11-5-2-1-3-6-11/h1-3,5-6,9,12H,4,7-8,10,16H2,(H2,17,18,19,20). The number of anilines is 2. The van der Waals surface area contributed by atoms with Crippen LogP contribution in [-0.2, 0) is 4.74 Å². The smallest absolute Gasteiger partial charge is 0.163 e. The highest BCUT2D eigenvalue weighted by molar-refractivity contribution is 5.60. The summed E-state index contributed by atoms with van der Waals surface area (Å²) in [5.74, 6) is 7.46. The molecule has 0 saturated carbocycles. The lowest BCUT2D eigenvalue weighted by Crippen LogP contribution is -2.19. The Balaban J connectivity index is 1.79. The number of nitrogen functional groups attached to an aromatic ring is 1. The van der Waals surface area contributed by atoms with Gasteiger partial charge in [0.15, 0.2) is 5.82 Å². The molecule has 21 heavy (non-hydrogen) atoms. The molecule has 1 aromatic carbocycles. The minimum atomic E-state index is 0.259. The first-order valence-electron chi connectivity index (χ1n) is 7.12. The summed E-state index contributed by atoms with van der Waals surface area (Å²) in [7, 11) is 0. The van der Waals surface area contributed by atoms with Crippen LogP contribution >= 0.6 is 0 Å². The van der Waals surface area contributed by atoms with Crippen LogP contribution in [0.15, 0.2) is 36.4 Å². The van der Waals surface area contributed by atoms with Crippen molar-refractivity contribution in [3.63, 3.8) is 0 Å². The minimum absolute atomic E-state index is 0.259. The van der Waals surface area contributed by atoms with Gasteiger partial charge < -0.3 is 15.5 Å². The Morgan fingerprint density at radius 3 is 2.71 bits per heavy atom. The zero-order valence-corrected chi connectivity index (χ0v) is 11.7. The fourth-order valence-electron chi connectivity index (χ4n) is 2.35. The number of hydrogen-bond donors (Lipinski definition) is 3. The number of rotatable bonds is 5. The van der Waals surface area contributed by atoms with Crippen LogP contribution in [-0.4, -0.2) is 29.2 Å². The summed E-state index contributed by atoms with van der Waals surface area (Å²) in [6, 6.07) is 11.6. The van der Waals surface area contributed by atoms with Crippen molar-refractivity contribution in [3.05, 3.63) is 36.4 Å². The van der Waals surface area contributed by atoms with Gasteiger partial charge in [0.1, 0.15) is 11.6 Å². The molecule has 1 fully saturated rings. The first kappa shape index (κ1) is 13.8. The van der Waals surface area contributed by atoms with Crippen LogP contribution in [0.25, 0.3) is 11.4 Å². The van der Waals surface area contributed by atoms with Gasteiger partial charge in [-0.1, -0.05) is 30.3 Å². The normalized spacial score (nSPS) is 17.7. The summed E-state index contributed by atoms with van der Waals surface area (Å²) in [4.78, 5) is 8.92. The van der Waals surface area contributed by atoms with E-state index in [1.54, 1.807) is 6.07 Å². The number of nitrogens with zero attached hydrogens (tertiary/aromatic N) is 2. The summed E-state index contributed by atoms with van der Waals surface area (Å²) in [6.07, 6.45) is 2.47. The molecule has 0 amide bonds. The molecule has 3 rings (SSSR count). The molecule has 2 aromatic rings. The lowest BCUT2D eigenvalue weighted by molar-refractivity contribution is 0.120. The van der Waals surface area contributed by atoms with E-state index in [1.807, 2.05) is 30.3 Å². The second-order valence-corrected chi connectivity index (χ2v) is 4.99. The largest absolute Gasteiger partial charge is 0.376 e. The average molecular weight is 285 g/mol. The minimum Gasteiger partial charge on any atom is -0.376 e. The van der Waals surface area contributed by atoms with Crippen molar-refractivity contribution in [3.8, 4) is 11.4 Å². The van der Waals surface area contributed by atoms with Gasteiger partial charge in [-0.05, 0) is 12.8 Å². The maximum absolute atomic E-state index is 5.60. The molecule has 1 aliphatic rings. The third kappa shape index (κ3) is 3.48. The summed E-state index contributed by atoms with van der Waals surface area (Å²) in [6.45, 7) is 1.59. The number of aromatic nitrogens is 2. The number of benzene rings is 1. The van der Waals surface area contributed by atoms with Gasteiger partial charge in [0, 0.05) is 24.8 Å². The molecule has 0 bridgehead atoms. The molecule has 110 valence electrons. The van der Waals surface area contributed by atoms with Gasteiger partial charge in [-0.25, -0.2) is 15.8 Å². The number of ether oxygens (including phenoxy) is 1. The Morgan fingerprint density at radius 1 is 1.19 bits per heavy atom. The molecule has 0 spiro atoms. The first-order valence-corrected chi connectivity index (χ1v) is 7.12. The van der Waals surface area contributed by atoms with Crippen LogP contribution in [0, 0.1) is 0 Å². The number of hydrogen-bond acceptors (Lipinski definition) is 6. The van der Waals surface area contributed by atoms with Crippen molar-refractivity contribution in [1.82, 2.24) is 9.97 Å². The SMILES string of the molecule is NNc1cc(NCC2CCCO2)nc(-c2ccccc2)n1. The van der Waals surface area contributed by atoms with E-state index in [0.29, 0.717) is 11.6 Å². The van der Waals surface area contributed by atoms with Gasteiger partial charge >= 0.3 is 0 Å². The van der Waals surface area contributed by atoms with Crippen molar-refractivity contribution >= 4 is 11.6 Å². The second kappa shape index (κ2) is 6.51. The molecule has 1 atom stereocenters. The lowest BCUT2D eigenvalue weighted by Gasteiger charge is -2.13. The second-order valence-electron chi connectivity index (χ2n) is 4.99. The van der Waals surface area contributed by atoms with E-state index in [-0.39, 0.29) is 6.10 Å². The van der Waals surface area contributed by atoms with Crippen molar-refractivity contribution in [2.75, 3.05) is 23.9 Å². The Morgan fingerprint density at radius 2 is 2.00 bits per heavy atom. The molecule has 1 aromatic heterocycles. The van der Waals surface area contributed by atoms with Gasteiger partial charge in [0.2, 0.25) is 0 Å². The Labute approximate surface area is 123 Å². The van der Waals surface area contributed by atoms with E-state index in [0.717, 1.165) is 37.4 Å². The maximum Gasteiger partial charge on any atom is 0.163 e.